The zero-order valence-corrected chi connectivity index (χ0v) is 16.2. The van der Waals surface area contributed by atoms with Crippen LogP contribution in [0.5, 0.6) is 0 Å². The minimum atomic E-state index is 0.0111. The first kappa shape index (κ1) is 20.7. The second-order valence-electron chi connectivity index (χ2n) is 7.19. The summed E-state index contributed by atoms with van der Waals surface area (Å²) < 4.78 is 5.27. The van der Waals surface area contributed by atoms with Gasteiger partial charge in [-0.15, -0.1) is 0 Å². The topological polar surface area (TPSA) is 70.7 Å². The minimum absolute atomic E-state index is 0.0111. The van der Waals surface area contributed by atoms with Crippen molar-refractivity contribution in [2.75, 3.05) is 39.4 Å². The van der Waals surface area contributed by atoms with Crippen LogP contribution in [0.2, 0.25) is 0 Å². The largest absolute Gasteiger partial charge is 0.382 e. The van der Waals surface area contributed by atoms with E-state index in [0.29, 0.717) is 39.4 Å². The Morgan fingerprint density at radius 1 is 1.19 bits per heavy atom. The van der Waals surface area contributed by atoms with Crippen molar-refractivity contribution in [1.82, 2.24) is 15.5 Å². The van der Waals surface area contributed by atoms with Crippen molar-refractivity contribution in [2.45, 2.75) is 58.3 Å². The molecule has 3 amide bonds. The summed E-state index contributed by atoms with van der Waals surface area (Å²) in [5.41, 5.74) is 1.48. The van der Waals surface area contributed by atoms with E-state index in [1.165, 1.54) is 31.3 Å². The SMILES string of the molecule is CCOCCCNC(=O)C1CCN(C(=O)NCCC2=CCCCC2)CC1. The molecule has 0 aromatic heterocycles. The fraction of sp³-hybridized carbons (Fsp3) is 0.800. The first-order valence-corrected chi connectivity index (χ1v) is 10.3. The smallest absolute Gasteiger partial charge is 0.317 e. The molecule has 6 nitrogen and oxygen atoms in total. The number of allylic oxidation sites excluding steroid dienone is 1. The van der Waals surface area contributed by atoms with Crippen LogP contribution in [-0.2, 0) is 9.53 Å². The molecule has 1 aliphatic carbocycles. The second-order valence-corrected chi connectivity index (χ2v) is 7.19. The molecule has 0 radical (unpaired) electrons. The quantitative estimate of drug-likeness (QED) is 0.487. The lowest BCUT2D eigenvalue weighted by Gasteiger charge is -2.31. The Labute approximate surface area is 157 Å². The predicted octanol–water partition coefficient (Wildman–Crippen LogP) is 2.84. The zero-order chi connectivity index (χ0) is 18.6. The Kier molecular flexibility index (Phi) is 9.53. The Morgan fingerprint density at radius 2 is 2.00 bits per heavy atom. The van der Waals surface area contributed by atoms with Gasteiger partial charge in [0.15, 0.2) is 0 Å². The van der Waals surface area contributed by atoms with Gasteiger partial charge in [-0.2, -0.15) is 0 Å². The van der Waals surface area contributed by atoms with Crippen LogP contribution in [-0.4, -0.2) is 56.2 Å². The molecule has 2 N–H and O–H groups in total. The van der Waals surface area contributed by atoms with Gasteiger partial charge < -0.3 is 20.3 Å². The van der Waals surface area contributed by atoms with Gasteiger partial charge in [0, 0.05) is 45.3 Å². The van der Waals surface area contributed by atoms with Crippen molar-refractivity contribution >= 4 is 11.9 Å². The average molecular weight is 366 g/mol. The molecule has 148 valence electrons. The van der Waals surface area contributed by atoms with Gasteiger partial charge in [0.2, 0.25) is 5.91 Å². The Hall–Kier alpha value is -1.56. The third kappa shape index (κ3) is 7.36. The number of amides is 3. The van der Waals surface area contributed by atoms with Crippen LogP contribution in [0.1, 0.15) is 58.3 Å². The maximum atomic E-state index is 12.3. The van der Waals surface area contributed by atoms with E-state index >= 15 is 0 Å². The number of carbonyl (C=O) groups excluding carboxylic acids is 2. The standard InChI is InChI=1S/C20H35N3O3/c1-2-26-16-6-12-21-19(24)18-10-14-23(15-11-18)20(25)22-13-9-17-7-4-3-5-8-17/h7,18H,2-6,8-16H2,1H3,(H,21,24)(H,22,25). The fourth-order valence-corrected chi connectivity index (χ4v) is 3.59. The number of hydrogen-bond acceptors (Lipinski definition) is 3. The number of carbonyl (C=O) groups is 2. The zero-order valence-electron chi connectivity index (χ0n) is 16.2. The molecule has 0 atom stereocenters. The molecule has 1 fully saturated rings. The highest BCUT2D eigenvalue weighted by Gasteiger charge is 2.26. The van der Waals surface area contributed by atoms with Crippen molar-refractivity contribution in [3.8, 4) is 0 Å². The number of rotatable bonds is 9. The maximum Gasteiger partial charge on any atom is 0.317 e. The molecule has 6 heteroatoms. The Bertz CT molecular complexity index is 471. The first-order valence-electron chi connectivity index (χ1n) is 10.3. The minimum Gasteiger partial charge on any atom is -0.382 e. The summed E-state index contributed by atoms with van der Waals surface area (Å²) in [5, 5.41) is 6.01. The van der Waals surface area contributed by atoms with Gasteiger partial charge in [0.1, 0.15) is 0 Å². The van der Waals surface area contributed by atoms with Crippen LogP contribution in [0.25, 0.3) is 0 Å². The van der Waals surface area contributed by atoms with E-state index in [-0.39, 0.29) is 17.9 Å². The number of piperidine rings is 1. The number of nitrogens with zero attached hydrogens (tertiary/aromatic N) is 1. The number of urea groups is 1. The summed E-state index contributed by atoms with van der Waals surface area (Å²) in [6.45, 7) is 6.06. The third-order valence-electron chi connectivity index (χ3n) is 5.23. The lowest BCUT2D eigenvalue weighted by Crippen LogP contribution is -2.47. The molecule has 0 unspecified atom stereocenters. The van der Waals surface area contributed by atoms with E-state index in [9.17, 15) is 9.59 Å². The third-order valence-corrected chi connectivity index (χ3v) is 5.23. The van der Waals surface area contributed by atoms with Crippen LogP contribution >= 0.6 is 0 Å². The van der Waals surface area contributed by atoms with Crippen molar-refractivity contribution in [1.29, 1.82) is 0 Å². The van der Waals surface area contributed by atoms with Crippen molar-refractivity contribution in [3.05, 3.63) is 11.6 Å². The van der Waals surface area contributed by atoms with Gasteiger partial charge in [-0.1, -0.05) is 11.6 Å². The van der Waals surface area contributed by atoms with Gasteiger partial charge >= 0.3 is 6.03 Å². The summed E-state index contributed by atoms with van der Waals surface area (Å²) in [5.74, 6) is 0.143. The van der Waals surface area contributed by atoms with E-state index in [0.717, 1.165) is 25.7 Å². The molecule has 0 aromatic rings. The maximum absolute atomic E-state index is 12.3. The van der Waals surface area contributed by atoms with Crippen molar-refractivity contribution in [3.63, 3.8) is 0 Å². The molecule has 26 heavy (non-hydrogen) atoms. The van der Waals surface area contributed by atoms with E-state index in [1.807, 2.05) is 11.8 Å². The Morgan fingerprint density at radius 3 is 2.69 bits per heavy atom. The normalized spacial score (nSPS) is 18.3. The molecule has 1 heterocycles. The molecule has 2 aliphatic rings. The molecule has 2 rings (SSSR count). The molecule has 0 aromatic carbocycles. The lowest BCUT2D eigenvalue weighted by molar-refractivity contribution is -0.126. The summed E-state index contributed by atoms with van der Waals surface area (Å²) >= 11 is 0. The Balaban J connectivity index is 1.57. The second kappa shape index (κ2) is 11.9. The summed E-state index contributed by atoms with van der Waals surface area (Å²) in [7, 11) is 0. The van der Waals surface area contributed by atoms with Crippen LogP contribution in [0.3, 0.4) is 0 Å². The molecule has 1 aliphatic heterocycles. The highest BCUT2D eigenvalue weighted by atomic mass is 16.5. The summed E-state index contributed by atoms with van der Waals surface area (Å²) in [6, 6.07) is 0.0111. The molecular formula is C20H35N3O3. The van der Waals surface area contributed by atoms with Gasteiger partial charge in [0.05, 0.1) is 0 Å². The molecular weight excluding hydrogens is 330 g/mol. The number of ether oxygens (including phenoxy) is 1. The molecule has 0 saturated carbocycles. The van der Waals surface area contributed by atoms with Crippen molar-refractivity contribution < 1.29 is 14.3 Å². The van der Waals surface area contributed by atoms with Crippen LogP contribution in [0.4, 0.5) is 4.79 Å². The van der Waals surface area contributed by atoms with E-state index in [4.69, 9.17) is 4.74 Å². The van der Waals surface area contributed by atoms with Crippen LogP contribution in [0.15, 0.2) is 11.6 Å². The molecule has 0 spiro atoms. The van der Waals surface area contributed by atoms with E-state index in [1.54, 1.807) is 0 Å². The van der Waals surface area contributed by atoms with Crippen LogP contribution in [0, 0.1) is 5.92 Å². The van der Waals surface area contributed by atoms with Gasteiger partial charge in [-0.25, -0.2) is 4.79 Å². The van der Waals surface area contributed by atoms with Crippen molar-refractivity contribution in [2.24, 2.45) is 5.92 Å². The lowest BCUT2D eigenvalue weighted by atomic mass is 9.96. The highest BCUT2D eigenvalue weighted by Crippen LogP contribution is 2.20. The fourth-order valence-electron chi connectivity index (χ4n) is 3.59. The molecule has 0 bridgehead atoms. The number of nitrogens with one attached hydrogen (secondary N) is 2. The number of hydrogen-bond donors (Lipinski definition) is 2. The number of likely N-dealkylation sites (tertiary alicyclic amines) is 1. The monoisotopic (exact) mass is 365 g/mol. The van der Waals surface area contributed by atoms with Crippen LogP contribution < -0.4 is 10.6 Å². The van der Waals surface area contributed by atoms with Gasteiger partial charge in [-0.3, -0.25) is 4.79 Å². The average Bonchev–Trinajstić information content (AvgIpc) is 2.68. The van der Waals surface area contributed by atoms with E-state index in [2.05, 4.69) is 16.7 Å². The van der Waals surface area contributed by atoms with Gasteiger partial charge in [-0.05, 0) is 58.3 Å². The predicted molar refractivity (Wildman–Crippen MR) is 103 cm³/mol. The first-order chi connectivity index (χ1) is 12.7. The van der Waals surface area contributed by atoms with E-state index < -0.39 is 0 Å². The summed E-state index contributed by atoms with van der Waals surface area (Å²) in [6.07, 6.45) is 10.6. The summed E-state index contributed by atoms with van der Waals surface area (Å²) in [4.78, 5) is 26.3. The molecule has 1 saturated heterocycles. The van der Waals surface area contributed by atoms with Gasteiger partial charge in [0.25, 0.3) is 0 Å². The highest BCUT2D eigenvalue weighted by molar-refractivity contribution is 5.79.